The molecule has 1 aromatic carbocycles. The SMILES string of the molecule is CCCCc1nnc2n1[C@@H](C)C(=O)N(CCc1ccccc1)C2. The van der Waals surface area contributed by atoms with E-state index in [0.29, 0.717) is 6.54 Å². The van der Waals surface area contributed by atoms with E-state index in [1.807, 2.05) is 34.6 Å². The molecule has 23 heavy (non-hydrogen) atoms. The van der Waals surface area contributed by atoms with E-state index < -0.39 is 0 Å². The van der Waals surface area contributed by atoms with Crippen molar-refractivity contribution >= 4 is 5.91 Å². The first-order valence-corrected chi connectivity index (χ1v) is 8.46. The molecule has 0 spiro atoms. The van der Waals surface area contributed by atoms with Crippen LogP contribution in [0.15, 0.2) is 30.3 Å². The van der Waals surface area contributed by atoms with Crippen LogP contribution in [0.4, 0.5) is 0 Å². The summed E-state index contributed by atoms with van der Waals surface area (Å²) in [7, 11) is 0. The molecule has 1 atom stereocenters. The fourth-order valence-electron chi connectivity index (χ4n) is 3.14. The number of benzene rings is 1. The zero-order chi connectivity index (χ0) is 16.2. The fourth-order valence-corrected chi connectivity index (χ4v) is 3.14. The molecule has 0 N–H and O–H groups in total. The number of carbonyl (C=O) groups is 1. The highest BCUT2D eigenvalue weighted by molar-refractivity contribution is 5.81. The molecule has 0 fully saturated rings. The van der Waals surface area contributed by atoms with Gasteiger partial charge < -0.3 is 9.47 Å². The van der Waals surface area contributed by atoms with Crippen LogP contribution in [-0.4, -0.2) is 32.1 Å². The summed E-state index contributed by atoms with van der Waals surface area (Å²) in [6, 6.07) is 10.1. The molecular weight excluding hydrogens is 288 g/mol. The minimum atomic E-state index is -0.198. The summed E-state index contributed by atoms with van der Waals surface area (Å²) in [4.78, 5) is 14.6. The Morgan fingerprint density at radius 2 is 1.96 bits per heavy atom. The van der Waals surface area contributed by atoms with Gasteiger partial charge in [-0.05, 0) is 25.3 Å². The largest absolute Gasteiger partial charge is 0.333 e. The molecule has 5 nitrogen and oxygen atoms in total. The Balaban J connectivity index is 1.71. The Morgan fingerprint density at radius 3 is 2.70 bits per heavy atom. The summed E-state index contributed by atoms with van der Waals surface area (Å²) >= 11 is 0. The Labute approximate surface area is 137 Å². The first kappa shape index (κ1) is 15.7. The Bertz CT molecular complexity index is 665. The molecular formula is C18H24N4O. The minimum absolute atomic E-state index is 0.172. The summed E-state index contributed by atoms with van der Waals surface area (Å²) < 4.78 is 2.04. The molecule has 0 aliphatic carbocycles. The fraction of sp³-hybridized carbons (Fsp3) is 0.500. The average molecular weight is 312 g/mol. The quantitative estimate of drug-likeness (QED) is 0.824. The van der Waals surface area contributed by atoms with Crippen LogP contribution in [-0.2, 0) is 24.2 Å². The van der Waals surface area contributed by atoms with E-state index in [1.54, 1.807) is 0 Å². The maximum Gasteiger partial charge on any atom is 0.245 e. The van der Waals surface area contributed by atoms with E-state index in [2.05, 4.69) is 29.3 Å². The predicted octanol–water partition coefficient (Wildman–Crippen LogP) is 2.77. The number of unbranched alkanes of at least 4 members (excludes halogenated alkanes) is 1. The van der Waals surface area contributed by atoms with E-state index in [1.165, 1.54) is 5.56 Å². The second-order valence-electron chi connectivity index (χ2n) is 6.18. The maximum absolute atomic E-state index is 12.7. The van der Waals surface area contributed by atoms with Gasteiger partial charge in [0.15, 0.2) is 5.82 Å². The van der Waals surface area contributed by atoms with Crippen LogP contribution in [0.3, 0.4) is 0 Å². The lowest BCUT2D eigenvalue weighted by Crippen LogP contribution is -2.43. The van der Waals surface area contributed by atoms with Crippen molar-refractivity contribution in [2.45, 2.75) is 52.1 Å². The molecule has 122 valence electrons. The van der Waals surface area contributed by atoms with Crippen molar-refractivity contribution in [2.24, 2.45) is 0 Å². The summed E-state index contributed by atoms with van der Waals surface area (Å²) in [5.74, 6) is 2.03. The van der Waals surface area contributed by atoms with E-state index >= 15 is 0 Å². The van der Waals surface area contributed by atoms with Crippen LogP contribution in [0.2, 0.25) is 0 Å². The van der Waals surface area contributed by atoms with Gasteiger partial charge in [0.2, 0.25) is 5.91 Å². The number of carbonyl (C=O) groups excluding carboxylic acids is 1. The number of nitrogens with zero attached hydrogens (tertiary/aromatic N) is 4. The van der Waals surface area contributed by atoms with Crippen LogP contribution >= 0.6 is 0 Å². The lowest BCUT2D eigenvalue weighted by molar-refractivity contribution is -0.137. The predicted molar refractivity (Wildman–Crippen MR) is 88.9 cm³/mol. The van der Waals surface area contributed by atoms with Crippen LogP contribution in [0.25, 0.3) is 0 Å². The van der Waals surface area contributed by atoms with Gasteiger partial charge in [0.25, 0.3) is 0 Å². The third-order valence-corrected chi connectivity index (χ3v) is 4.49. The van der Waals surface area contributed by atoms with E-state index in [9.17, 15) is 4.79 Å². The molecule has 5 heteroatoms. The van der Waals surface area contributed by atoms with Crippen LogP contribution in [0, 0.1) is 0 Å². The highest BCUT2D eigenvalue weighted by atomic mass is 16.2. The first-order chi connectivity index (χ1) is 11.2. The Hall–Kier alpha value is -2.17. The van der Waals surface area contributed by atoms with Crippen molar-refractivity contribution in [1.29, 1.82) is 0 Å². The van der Waals surface area contributed by atoms with Gasteiger partial charge in [0.05, 0.1) is 6.54 Å². The third kappa shape index (κ3) is 3.28. The Morgan fingerprint density at radius 1 is 1.17 bits per heavy atom. The van der Waals surface area contributed by atoms with Crippen molar-refractivity contribution in [2.75, 3.05) is 6.54 Å². The van der Waals surface area contributed by atoms with E-state index in [0.717, 1.165) is 43.9 Å². The highest BCUT2D eigenvalue weighted by Gasteiger charge is 2.32. The summed E-state index contributed by atoms with van der Waals surface area (Å²) in [5, 5.41) is 8.63. The van der Waals surface area contributed by atoms with Gasteiger partial charge in [-0.2, -0.15) is 0 Å². The molecule has 0 saturated heterocycles. The number of hydrogen-bond acceptors (Lipinski definition) is 3. The lowest BCUT2D eigenvalue weighted by atomic mass is 10.1. The van der Waals surface area contributed by atoms with Crippen molar-refractivity contribution in [3.63, 3.8) is 0 Å². The number of aromatic nitrogens is 3. The zero-order valence-corrected chi connectivity index (χ0v) is 13.9. The van der Waals surface area contributed by atoms with Crippen LogP contribution in [0.5, 0.6) is 0 Å². The third-order valence-electron chi connectivity index (χ3n) is 4.49. The Kier molecular flexibility index (Phi) is 4.74. The topological polar surface area (TPSA) is 51.0 Å². The molecule has 0 saturated carbocycles. The van der Waals surface area contributed by atoms with Gasteiger partial charge in [0, 0.05) is 13.0 Å². The van der Waals surface area contributed by atoms with Crippen molar-refractivity contribution in [3.8, 4) is 0 Å². The van der Waals surface area contributed by atoms with Gasteiger partial charge >= 0.3 is 0 Å². The molecule has 0 bridgehead atoms. The lowest BCUT2D eigenvalue weighted by Gasteiger charge is -2.32. The molecule has 3 rings (SSSR count). The average Bonchev–Trinajstić information content (AvgIpc) is 2.99. The standard InChI is InChI=1S/C18H24N4O/c1-3-4-10-16-19-20-17-13-21(18(23)14(2)22(16)17)12-11-15-8-6-5-7-9-15/h5-9,14H,3-4,10-13H2,1-2H3/t14-/m0/s1. The van der Waals surface area contributed by atoms with Crippen LogP contribution < -0.4 is 0 Å². The van der Waals surface area contributed by atoms with Crippen molar-refractivity contribution in [3.05, 3.63) is 47.5 Å². The first-order valence-electron chi connectivity index (χ1n) is 8.46. The zero-order valence-electron chi connectivity index (χ0n) is 13.9. The van der Waals surface area contributed by atoms with Gasteiger partial charge in [0.1, 0.15) is 11.9 Å². The molecule has 1 aromatic heterocycles. The van der Waals surface area contributed by atoms with E-state index in [4.69, 9.17) is 0 Å². The van der Waals surface area contributed by atoms with Crippen molar-refractivity contribution in [1.82, 2.24) is 19.7 Å². The number of fused-ring (bicyclic) bond motifs is 1. The smallest absolute Gasteiger partial charge is 0.245 e. The number of aryl methyl sites for hydroxylation is 1. The highest BCUT2D eigenvalue weighted by Crippen LogP contribution is 2.23. The van der Waals surface area contributed by atoms with E-state index in [-0.39, 0.29) is 11.9 Å². The normalized spacial score (nSPS) is 17.4. The van der Waals surface area contributed by atoms with Gasteiger partial charge in [-0.3, -0.25) is 4.79 Å². The molecule has 2 heterocycles. The summed E-state index contributed by atoms with van der Waals surface area (Å²) in [6.07, 6.45) is 3.96. The van der Waals surface area contributed by atoms with Crippen LogP contribution in [0.1, 0.15) is 49.9 Å². The minimum Gasteiger partial charge on any atom is -0.333 e. The second kappa shape index (κ2) is 6.94. The van der Waals surface area contributed by atoms with Gasteiger partial charge in [-0.25, -0.2) is 0 Å². The van der Waals surface area contributed by atoms with Crippen molar-refractivity contribution < 1.29 is 4.79 Å². The molecule has 0 unspecified atom stereocenters. The number of hydrogen-bond donors (Lipinski definition) is 0. The molecule has 1 aliphatic rings. The summed E-state index contributed by atoms with van der Waals surface area (Å²) in [5.41, 5.74) is 1.25. The number of rotatable bonds is 6. The molecule has 1 aliphatic heterocycles. The molecule has 0 radical (unpaired) electrons. The second-order valence-corrected chi connectivity index (χ2v) is 6.18. The molecule has 2 aromatic rings. The van der Waals surface area contributed by atoms with Gasteiger partial charge in [-0.1, -0.05) is 43.7 Å². The number of amides is 1. The van der Waals surface area contributed by atoms with Gasteiger partial charge in [-0.15, -0.1) is 10.2 Å². The summed E-state index contributed by atoms with van der Waals surface area (Å²) in [6.45, 7) is 5.41. The monoisotopic (exact) mass is 312 g/mol. The molecule has 1 amide bonds. The maximum atomic E-state index is 12.7.